The molecule has 2 atom stereocenters. The van der Waals surface area contributed by atoms with E-state index in [0.717, 1.165) is 42.7 Å². The maximum Gasteiger partial charge on any atom is 0.152 e. The number of aldehydes is 1. The Kier molecular flexibility index (Phi) is 8.65. The summed E-state index contributed by atoms with van der Waals surface area (Å²) in [5.41, 5.74) is 4.57. The van der Waals surface area contributed by atoms with Crippen molar-refractivity contribution in [3.63, 3.8) is 0 Å². The number of thioether (sulfide) groups is 1. The molecule has 0 spiro atoms. The Morgan fingerprint density at radius 2 is 1.74 bits per heavy atom. The van der Waals surface area contributed by atoms with Crippen LogP contribution < -0.4 is 16.0 Å². The summed E-state index contributed by atoms with van der Waals surface area (Å²) in [6.45, 7) is 2.62. The number of phenolic OH excluding ortho intramolecular Hbond substituents is 2. The number of phenols is 2. The van der Waals surface area contributed by atoms with Gasteiger partial charge >= 0.3 is 0 Å². The molecule has 35 heavy (non-hydrogen) atoms. The van der Waals surface area contributed by atoms with Gasteiger partial charge in [-0.15, -0.1) is 0 Å². The normalized spacial score (nSPS) is 15.4. The second-order valence-electron chi connectivity index (χ2n) is 8.54. The minimum Gasteiger partial charge on any atom is -0.508 e. The summed E-state index contributed by atoms with van der Waals surface area (Å²) in [5.74, 6) is 0.414. The highest BCUT2D eigenvalue weighted by Crippen LogP contribution is 2.46. The van der Waals surface area contributed by atoms with Crippen LogP contribution in [0.5, 0.6) is 11.5 Å². The predicted molar refractivity (Wildman–Crippen MR) is 139 cm³/mol. The van der Waals surface area contributed by atoms with E-state index in [-0.39, 0.29) is 5.75 Å². The summed E-state index contributed by atoms with van der Waals surface area (Å²) < 4.78 is 0. The molecule has 0 bridgehead atoms. The number of carbonyl (C=O) groups is 1. The third-order valence-electron chi connectivity index (χ3n) is 5.99. The number of fused-ring (bicyclic) bond motifs is 1. The smallest absolute Gasteiger partial charge is 0.152 e. The number of anilines is 1. The van der Waals surface area contributed by atoms with Crippen molar-refractivity contribution in [2.75, 3.05) is 25.0 Å². The zero-order valence-electron chi connectivity index (χ0n) is 19.4. The van der Waals surface area contributed by atoms with E-state index in [9.17, 15) is 20.1 Å². The number of hydrogen-bond donors (Lipinski definition) is 6. The van der Waals surface area contributed by atoms with Crippen molar-refractivity contribution in [2.45, 2.75) is 35.8 Å². The van der Waals surface area contributed by atoms with Crippen LogP contribution >= 0.6 is 11.8 Å². The molecule has 3 aromatic carbocycles. The topological polar surface area (TPSA) is 114 Å². The van der Waals surface area contributed by atoms with Crippen molar-refractivity contribution >= 4 is 23.7 Å². The summed E-state index contributed by atoms with van der Waals surface area (Å²) in [7, 11) is 0. The molecule has 1 aliphatic rings. The summed E-state index contributed by atoms with van der Waals surface area (Å²) in [5, 5.41) is 39.9. The van der Waals surface area contributed by atoms with Crippen LogP contribution in [-0.4, -0.2) is 46.6 Å². The molecular formula is C27H31N3O4S. The monoisotopic (exact) mass is 493 g/mol. The van der Waals surface area contributed by atoms with Gasteiger partial charge in [-0.25, -0.2) is 0 Å². The third-order valence-corrected chi connectivity index (χ3v) is 7.15. The first kappa shape index (κ1) is 25.1. The van der Waals surface area contributed by atoms with Gasteiger partial charge in [-0.1, -0.05) is 60.3 Å². The molecule has 0 aromatic heterocycles. The van der Waals surface area contributed by atoms with E-state index in [1.54, 1.807) is 18.2 Å². The van der Waals surface area contributed by atoms with E-state index in [1.165, 1.54) is 22.9 Å². The molecule has 0 radical (unpaired) electrons. The molecular weight excluding hydrogens is 462 g/mol. The van der Waals surface area contributed by atoms with E-state index in [4.69, 9.17) is 0 Å². The van der Waals surface area contributed by atoms with Gasteiger partial charge in [0.2, 0.25) is 0 Å². The van der Waals surface area contributed by atoms with Gasteiger partial charge in [-0.3, -0.25) is 0 Å². The second-order valence-corrected chi connectivity index (χ2v) is 9.69. The highest BCUT2D eigenvalue weighted by atomic mass is 32.2. The zero-order valence-corrected chi connectivity index (χ0v) is 20.2. The van der Waals surface area contributed by atoms with Crippen molar-refractivity contribution in [2.24, 2.45) is 0 Å². The molecule has 0 aliphatic carbocycles. The Balaban J connectivity index is 1.21. The first-order chi connectivity index (χ1) is 17.0. The second kappa shape index (κ2) is 12.1. The number of aliphatic hydroxyl groups is 1. The maximum atomic E-state index is 11.1. The number of aliphatic hydroxyl groups excluding tert-OH is 1. The molecule has 8 heteroatoms. The van der Waals surface area contributed by atoms with E-state index < -0.39 is 11.5 Å². The van der Waals surface area contributed by atoms with Crippen LogP contribution in [0.15, 0.2) is 65.6 Å². The minimum absolute atomic E-state index is 0.0772. The number of rotatable bonds is 12. The summed E-state index contributed by atoms with van der Waals surface area (Å²) in [6, 6.07) is 19.1. The molecule has 0 saturated heterocycles. The maximum absolute atomic E-state index is 11.1. The lowest BCUT2D eigenvalue weighted by atomic mass is 10.1. The van der Waals surface area contributed by atoms with Crippen LogP contribution in [-0.2, 0) is 24.2 Å². The molecule has 184 valence electrons. The van der Waals surface area contributed by atoms with Crippen molar-refractivity contribution in [3.05, 3.63) is 82.9 Å². The molecule has 7 nitrogen and oxygen atoms in total. The number of hydrogen-bond acceptors (Lipinski definition) is 8. The molecule has 3 aromatic rings. The Morgan fingerprint density at radius 1 is 0.943 bits per heavy atom. The number of benzene rings is 3. The molecule has 1 unspecified atom stereocenters. The van der Waals surface area contributed by atoms with Gasteiger partial charge in [0.05, 0.1) is 11.8 Å². The largest absolute Gasteiger partial charge is 0.508 e. The SMILES string of the molecule is O=CC1Nc2c(O)ccc([C@@H](O)CNCCc3cccc(CNCCc4ccccc4O)c3)c2S1. The summed E-state index contributed by atoms with van der Waals surface area (Å²) in [4.78, 5) is 11.9. The average molecular weight is 494 g/mol. The fraction of sp³-hybridized carbons (Fsp3) is 0.296. The number of nitrogens with one attached hydrogen (secondary N) is 3. The number of para-hydroxylation sites is 1. The third kappa shape index (κ3) is 6.55. The van der Waals surface area contributed by atoms with Crippen molar-refractivity contribution < 1.29 is 20.1 Å². The van der Waals surface area contributed by atoms with Crippen molar-refractivity contribution in [1.29, 1.82) is 0 Å². The lowest BCUT2D eigenvalue weighted by Gasteiger charge is -2.16. The fourth-order valence-corrected chi connectivity index (χ4v) is 5.24. The Hall–Kier alpha value is -3.04. The molecule has 0 saturated carbocycles. The van der Waals surface area contributed by atoms with E-state index in [2.05, 4.69) is 40.2 Å². The lowest BCUT2D eigenvalue weighted by Crippen LogP contribution is -2.24. The molecule has 1 aliphatic heterocycles. The molecule has 0 fully saturated rings. The molecule has 4 rings (SSSR count). The Labute approximate surface area is 209 Å². The molecule has 6 N–H and O–H groups in total. The molecule has 1 heterocycles. The predicted octanol–water partition coefficient (Wildman–Crippen LogP) is 3.34. The van der Waals surface area contributed by atoms with Crippen LogP contribution in [0.25, 0.3) is 0 Å². The highest BCUT2D eigenvalue weighted by molar-refractivity contribution is 8.01. The first-order valence-corrected chi connectivity index (χ1v) is 12.6. The quantitative estimate of drug-likeness (QED) is 0.129. The van der Waals surface area contributed by atoms with Gasteiger partial charge in [0.15, 0.2) is 6.29 Å². The summed E-state index contributed by atoms with van der Waals surface area (Å²) >= 11 is 1.31. The lowest BCUT2D eigenvalue weighted by molar-refractivity contribution is -0.107. The van der Waals surface area contributed by atoms with Crippen LogP contribution in [0.1, 0.15) is 28.4 Å². The minimum atomic E-state index is -0.747. The van der Waals surface area contributed by atoms with Gasteiger partial charge in [0.25, 0.3) is 0 Å². The Morgan fingerprint density at radius 3 is 2.57 bits per heavy atom. The molecule has 0 amide bonds. The van der Waals surface area contributed by atoms with Crippen LogP contribution in [0.4, 0.5) is 5.69 Å². The van der Waals surface area contributed by atoms with Gasteiger partial charge in [-0.2, -0.15) is 0 Å². The van der Waals surface area contributed by atoms with E-state index in [0.29, 0.717) is 30.1 Å². The van der Waals surface area contributed by atoms with Crippen LogP contribution in [0.3, 0.4) is 0 Å². The number of carbonyl (C=O) groups excluding carboxylic acids is 1. The zero-order chi connectivity index (χ0) is 24.6. The van der Waals surface area contributed by atoms with Crippen LogP contribution in [0, 0.1) is 0 Å². The highest BCUT2D eigenvalue weighted by Gasteiger charge is 2.28. The van der Waals surface area contributed by atoms with Crippen LogP contribution in [0.2, 0.25) is 0 Å². The van der Waals surface area contributed by atoms with E-state index >= 15 is 0 Å². The average Bonchev–Trinajstić information content (AvgIpc) is 3.31. The summed E-state index contributed by atoms with van der Waals surface area (Å²) in [6.07, 6.45) is 1.64. The fourth-order valence-electron chi connectivity index (χ4n) is 4.13. The van der Waals surface area contributed by atoms with Crippen molar-refractivity contribution in [3.8, 4) is 11.5 Å². The van der Waals surface area contributed by atoms with Crippen molar-refractivity contribution in [1.82, 2.24) is 10.6 Å². The standard InChI is InChI=1S/C27H31N3O4S/c31-17-25-30-26-23(33)9-8-21(27(26)35-25)24(34)16-29-12-10-18-4-3-5-19(14-18)15-28-13-11-20-6-1-2-7-22(20)32/h1-9,14,17,24-25,28-30,32-34H,10-13,15-16H2/t24-,25?/m0/s1. The number of aromatic hydroxyl groups is 2. The van der Waals surface area contributed by atoms with Gasteiger partial charge in [0.1, 0.15) is 16.9 Å². The Bertz CT molecular complexity index is 1160. The van der Waals surface area contributed by atoms with E-state index in [1.807, 2.05) is 18.2 Å². The van der Waals surface area contributed by atoms with Gasteiger partial charge in [-0.05, 0) is 60.3 Å². The van der Waals surface area contributed by atoms with Gasteiger partial charge < -0.3 is 36.1 Å². The first-order valence-electron chi connectivity index (χ1n) is 11.7. The van der Waals surface area contributed by atoms with Gasteiger partial charge in [0, 0.05) is 18.0 Å².